The molecule has 2 rings (SSSR count). The smallest absolute Gasteiger partial charge is 0.303 e. The molecule has 0 aromatic heterocycles. The van der Waals surface area contributed by atoms with E-state index in [1.165, 1.54) is 0 Å². The highest BCUT2D eigenvalue weighted by molar-refractivity contribution is 5.81. The van der Waals surface area contributed by atoms with Gasteiger partial charge in [0, 0.05) is 18.9 Å². The molecule has 1 saturated carbocycles. The number of amides is 1. The van der Waals surface area contributed by atoms with E-state index in [2.05, 4.69) is 5.32 Å². The Morgan fingerprint density at radius 2 is 2.21 bits per heavy atom. The van der Waals surface area contributed by atoms with Crippen molar-refractivity contribution in [3.8, 4) is 0 Å². The first-order chi connectivity index (χ1) is 6.68. The van der Waals surface area contributed by atoms with Crippen molar-refractivity contribution in [2.45, 2.75) is 25.7 Å². The Kier molecular flexibility index (Phi) is 2.44. The Balaban J connectivity index is 2.01. The summed E-state index contributed by atoms with van der Waals surface area (Å²) in [5.41, 5.74) is 0. The van der Waals surface area contributed by atoms with Gasteiger partial charge in [0.2, 0.25) is 5.91 Å². The maximum Gasteiger partial charge on any atom is 0.303 e. The molecule has 2 atom stereocenters. The van der Waals surface area contributed by atoms with Crippen LogP contribution >= 0.6 is 0 Å². The zero-order valence-corrected chi connectivity index (χ0v) is 8.03. The summed E-state index contributed by atoms with van der Waals surface area (Å²) >= 11 is 0. The number of carbonyl (C=O) groups is 2. The van der Waals surface area contributed by atoms with Crippen LogP contribution in [0.1, 0.15) is 25.7 Å². The quantitative estimate of drug-likeness (QED) is 0.694. The highest BCUT2D eigenvalue weighted by Gasteiger charge is 2.42. The summed E-state index contributed by atoms with van der Waals surface area (Å²) in [7, 11) is 0. The van der Waals surface area contributed by atoms with Crippen LogP contribution in [0.5, 0.6) is 0 Å². The fourth-order valence-corrected chi connectivity index (χ4v) is 2.39. The average Bonchev–Trinajstić information content (AvgIpc) is 2.86. The molecule has 2 fully saturated rings. The Hall–Kier alpha value is -1.06. The second-order valence-electron chi connectivity index (χ2n) is 4.29. The van der Waals surface area contributed by atoms with Crippen LogP contribution in [-0.2, 0) is 9.59 Å². The van der Waals surface area contributed by atoms with E-state index in [0.717, 1.165) is 19.3 Å². The lowest BCUT2D eigenvalue weighted by atomic mass is 9.84. The Morgan fingerprint density at radius 1 is 1.50 bits per heavy atom. The van der Waals surface area contributed by atoms with Crippen LogP contribution in [-0.4, -0.2) is 23.5 Å². The molecular formula is C10H15NO3. The molecule has 2 N–H and O–H groups in total. The monoisotopic (exact) mass is 197 g/mol. The Bertz CT molecular complexity index is 260. The molecule has 1 aliphatic carbocycles. The molecule has 1 aliphatic heterocycles. The van der Waals surface area contributed by atoms with Gasteiger partial charge in [-0.2, -0.15) is 0 Å². The molecule has 78 valence electrons. The maximum atomic E-state index is 11.4. The first kappa shape index (κ1) is 9.49. The molecule has 4 heteroatoms. The van der Waals surface area contributed by atoms with E-state index in [1.54, 1.807) is 0 Å². The molecule has 1 amide bonds. The molecular weight excluding hydrogens is 182 g/mol. The predicted octanol–water partition coefficient (Wildman–Crippen LogP) is 0.623. The Labute approximate surface area is 82.7 Å². The van der Waals surface area contributed by atoms with Crippen LogP contribution in [0.25, 0.3) is 0 Å². The van der Waals surface area contributed by atoms with Gasteiger partial charge >= 0.3 is 5.97 Å². The van der Waals surface area contributed by atoms with Gasteiger partial charge in [-0.15, -0.1) is 0 Å². The van der Waals surface area contributed by atoms with Gasteiger partial charge in [-0.1, -0.05) is 0 Å². The number of rotatable bonds is 4. The van der Waals surface area contributed by atoms with Crippen molar-refractivity contribution in [3.05, 3.63) is 0 Å². The van der Waals surface area contributed by atoms with Crippen molar-refractivity contribution >= 4 is 11.9 Å². The van der Waals surface area contributed by atoms with Crippen LogP contribution < -0.4 is 5.32 Å². The van der Waals surface area contributed by atoms with Gasteiger partial charge in [0.1, 0.15) is 0 Å². The lowest BCUT2D eigenvalue weighted by molar-refractivity contribution is -0.139. The minimum atomic E-state index is -0.776. The van der Waals surface area contributed by atoms with Crippen LogP contribution in [0.3, 0.4) is 0 Å². The summed E-state index contributed by atoms with van der Waals surface area (Å²) in [6, 6.07) is 0. The van der Waals surface area contributed by atoms with Crippen LogP contribution in [0, 0.1) is 17.8 Å². The molecule has 0 bridgehead atoms. The van der Waals surface area contributed by atoms with Gasteiger partial charge in [0.15, 0.2) is 0 Å². The molecule has 2 aliphatic rings. The number of hydrogen-bond acceptors (Lipinski definition) is 2. The zero-order valence-electron chi connectivity index (χ0n) is 8.03. The van der Waals surface area contributed by atoms with Gasteiger partial charge in [-0.3, -0.25) is 9.59 Å². The molecule has 0 spiro atoms. The van der Waals surface area contributed by atoms with E-state index in [4.69, 9.17) is 5.11 Å². The van der Waals surface area contributed by atoms with Crippen molar-refractivity contribution in [2.75, 3.05) is 6.54 Å². The summed E-state index contributed by atoms with van der Waals surface area (Å²) < 4.78 is 0. The third-order valence-corrected chi connectivity index (χ3v) is 3.25. The third-order valence-electron chi connectivity index (χ3n) is 3.25. The standard InChI is InChI=1S/C10H15NO3/c12-9(13)5-8(6-1-2-6)7-3-4-11-10(7)14/h6-8H,1-5H2,(H,11,14)(H,12,13). The minimum Gasteiger partial charge on any atom is -0.481 e. The third kappa shape index (κ3) is 1.89. The second-order valence-corrected chi connectivity index (χ2v) is 4.29. The van der Waals surface area contributed by atoms with E-state index in [-0.39, 0.29) is 24.2 Å². The molecule has 0 aromatic carbocycles. The lowest BCUT2D eigenvalue weighted by Gasteiger charge is -2.18. The lowest BCUT2D eigenvalue weighted by Crippen LogP contribution is -2.27. The highest BCUT2D eigenvalue weighted by Crippen LogP contribution is 2.44. The fraction of sp³-hybridized carbons (Fsp3) is 0.800. The molecule has 0 radical (unpaired) electrons. The number of aliphatic carboxylic acids is 1. The number of carboxylic acids is 1. The van der Waals surface area contributed by atoms with Gasteiger partial charge in [-0.05, 0) is 31.1 Å². The van der Waals surface area contributed by atoms with Crippen molar-refractivity contribution in [1.29, 1.82) is 0 Å². The first-order valence-electron chi connectivity index (χ1n) is 5.18. The summed E-state index contributed by atoms with van der Waals surface area (Å²) in [5, 5.41) is 11.5. The van der Waals surface area contributed by atoms with E-state index < -0.39 is 5.97 Å². The van der Waals surface area contributed by atoms with Gasteiger partial charge in [0.25, 0.3) is 0 Å². The molecule has 14 heavy (non-hydrogen) atoms. The average molecular weight is 197 g/mol. The van der Waals surface area contributed by atoms with Crippen LogP contribution in [0.15, 0.2) is 0 Å². The molecule has 2 unspecified atom stereocenters. The van der Waals surface area contributed by atoms with E-state index in [9.17, 15) is 9.59 Å². The summed E-state index contributed by atoms with van der Waals surface area (Å²) in [5.74, 6) is -0.196. The van der Waals surface area contributed by atoms with E-state index in [1.807, 2.05) is 0 Å². The largest absolute Gasteiger partial charge is 0.481 e. The Morgan fingerprint density at radius 3 is 2.64 bits per heavy atom. The minimum absolute atomic E-state index is 0.0430. The number of carbonyl (C=O) groups excluding carboxylic acids is 1. The van der Waals surface area contributed by atoms with Crippen LogP contribution in [0.2, 0.25) is 0 Å². The van der Waals surface area contributed by atoms with Crippen molar-refractivity contribution in [3.63, 3.8) is 0 Å². The molecule has 1 saturated heterocycles. The van der Waals surface area contributed by atoms with Crippen molar-refractivity contribution < 1.29 is 14.7 Å². The predicted molar refractivity (Wildman–Crippen MR) is 49.6 cm³/mol. The van der Waals surface area contributed by atoms with E-state index >= 15 is 0 Å². The summed E-state index contributed by atoms with van der Waals surface area (Å²) in [4.78, 5) is 22.1. The number of carboxylic acid groups (broad SMARTS) is 1. The number of nitrogens with one attached hydrogen (secondary N) is 1. The zero-order chi connectivity index (χ0) is 10.1. The van der Waals surface area contributed by atoms with Gasteiger partial charge in [0.05, 0.1) is 0 Å². The summed E-state index contributed by atoms with van der Waals surface area (Å²) in [6.07, 6.45) is 3.17. The molecule has 0 aromatic rings. The maximum absolute atomic E-state index is 11.4. The highest BCUT2D eigenvalue weighted by atomic mass is 16.4. The number of hydrogen-bond donors (Lipinski definition) is 2. The topological polar surface area (TPSA) is 66.4 Å². The molecule has 1 heterocycles. The molecule has 4 nitrogen and oxygen atoms in total. The van der Waals surface area contributed by atoms with Gasteiger partial charge < -0.3 is 10.4 Å². The van der Waals surface area contributed by atoms with Gasteiger partial charge in [-0.25, -0.2) is 0 Å². The van der Waals surface area contributed by atoms with E-state index in [0.29, 0.717) is 12.5 Å². The van der Waals surface area contributed by atoms with Crippen molar-refractivity contribution in [1.82, 2.24) is 5.32 Å². The fourth-order valence-electron chi connectivity index (χ4n) is 2.39. The normalized spacial score (nSPS) is 28.6. The SMILES string of the molecule is O=C(O)CC(C1CC1)C1CCNC1=O. The summed E-state index contributed by atoms with van der Waals surface area (Å²) in [6.45, 7) is 0.715. The first-order valence-corrected chi connectivity index (χ1v) is 5.18. The second kappa shape index (κ2) is 3.59. The van der Waals surface area contributed by atoms with Crippen LogP contribution in [0.4, 0.5) is 0 Å². The van der Waals surface area contributed by atoms with Crippen molar-refractivity contribution in [2.24, 2.45) is 17.8 Å².